The lowest BCUT2D eigenvalue weighted by atomic mass is 9.98. The summed E-state index contributed by atoms with van der Waals surface area (Å²) in [5, 5.41) is 18.3. The van der Waals surface area contributed by atoms with Crippen molar-refractivity contribution in [3.05, 3.63) is 65.2 Å². The number of hydrogen-bond donors (Lipinski definition) is 2. The normalized spacial score (nSPS) is 25.0. The molecule has 38 heavy (non-hydrogen) atoms. The lowest BCUT2D eigenvalue weighted by Crippen LogP contribution is -2.46. The summed E-state index contributed by atoms with van der Waals surface area (Å²) in [7, 11) is 0. The van der Waals surface area contributed by atoms with Crippen LogP contribution in [0.5, 0.6) is 11.5 Å². The summed E-state index contributed by atoms with van der Waals surface area (Å²) < 4.78 is 62.6. The molecule has 7 nitrogen and oxygen atoms in total. The van der Waals surface area contributed by atoms with Crippen molar-refractivity contribution in [1.29, 1.82) is 0 Å². The zero-order valence-corrected chi connectivity index (χ0v) is 20.8. The topological polar surface area (TPSA) is 85.6 Å². The Bertz CT molecular complexity index is 1350. The van der Waals surface area contributed by atoms with Crippen LogP contribution in [0.2, 0.25) is 5.02 Å². The highest BCUT2D eigenvalue weighted by Crippen LogP contribution is 2.38. The van der Waals surface area contributed by atoms with E-state index in [-0.39, 0.29) is 30.3 Å². The van der Waals surface area contributed by atoms with Gasteiger partial charge in [-0.1, -0.05) is 24.6 Å². The van der Waals surface area contributed by atoms with Gasteiger partial charge in [0.2, 0.25) is 0 Å². The van der Waals surface area contributed by atoms with Gasteiger partial charge in [0.1, 0.15) is 5.75 Å². The van der Waals surface area contributed by atoms with Crippen molar-refractivity contribution in [3.8, 4) is 22.6 Å². The van der Waals surface area contributed by atoms with Crippen LogP contribution in [0.25, 0.3) is 11.1 Å². The van der Waals surface area contributed by atoms with E-state index in [2.05, 4.69) is 15.2 Å². The molecule has 3 aromatic rings. The van der Waals surface area contributed by atoms with Gasteiger partial charge in [-0.3, -0.25) is 9.48 Å². The molecule has 12 heteroatoms. The first-order chi connectivity index (χ1) is 18.0. The number of nitrogens with zero attached hydrogens (tertiary/aromatic N) is 2. The third-order valence-corrected chi connectivity index (χ3v) is 7.22. The molecule has 0 bridgehead atoms. The van der Waals surface area contributed by atoms with E-state index >= 15 is 0 Å². The van der Waals surface area contributed by atoms with E-state index < -0.39 is 30.1 Å². The average Bonchev–Trinajstić information content (AvgIpc) is 3.47. The number of carbonyl (C=O) groups excluding carboxylic acids is 1. The Labute approximate surface area is 220 Å². The Balaban J connectivity index is 1.22. The molecule has 1 saturated carbocycles. The molecule has 5 rings (SSSR count). The highest BCUT2D eigenvalue weighted by molar-refractivity contribution is 6.30. The number of benzene rings is 2. The predicted octanol–water partition coefficient (Wildman–Crippen LogP) is 5.58. The van der Waals surface area contributed by atoms with Gasteiger partial charge >= 0.3 is 6.36 Å². The Morgan fingerprint density at radius 1 is 1.18 bits per heavy atom. The maximum atomic E-state index is 14.2. The van der Waals surface area contributed by atoms with E-state index in [1.54, 1.807) is 29.1 Å². The summed E-state index contributed by atoms with van der Waals surface area (Å²) in [4.78, 5) is 13.0. The molecule has 0 saturated heterocycles. The minimum Gasteiger partial charge on any atom is -0.480 e. The maximum absolute atomic E-state index is 14.2. The lowest BCUT2D eigenvalue weighted by Gasteiger charge is -2.30. The quantitative estimate of drug-likeness (QED) is 0.403. The molecule has 2 aromatic carbocycles. The van der Waals surface area contributed by atoms with Gasteiger partial charge in [-0.15, -0.1) is 13.2 Å². The summed E-state index contributed by atoms with van der Waals surface area (Å²) in [5.41, 5.74) is 1.44. The van der Waals surface area contributed by atoms with E-state index in [0.29, 0.717) is 40.3 Å². The van der Waals surface area contributed by atoms with E-state index in [9.17, 15) is 27.5 Å². The Morgan fingerprint density at radius 3 is 2.71 bits per heavy atom. The van der Waals surface area contributed by atoms with E-state index in [0.717, 1.165) is 12.1 Å². The van der Waals surface area contributed by atoms with Gasteiger partial charge < -0.3 is 19.9 Å². The molecule has 1 fully saturated rings. The molecule has 1 aliphatic carbocycles. The fourth-order valence-electron chi connectivity index (χ4n) is 5.06. The number of alkyl halides is 3. The summed E-state index contributed by atoms with van der Waals surface area (Å²) in [6.07, 6.45) is -2.09. The van der Waals surface area contributed by atoms with E-state index in [1.165, 1.54) is 12.3 Å². The highest BCUT2D eigenvalue weighted by Gasteiger charge is 2.38. The molecule has 5 atom stereocenters. The second-order valence-electron chi connectivity index (χ2n) is 9.66. The zero-order valence-electron chi connectivity index (χ0n) is 20.1. The van der Waals surface area contributed by atoms with Crippen molar-refractivity contribution >= 4 is 17.5 Å². The number of carbonyl (C=O) groups is 1. The molecule has 0 radical (unpaired) electrons. The van der Waals surface area contributed by atoms with Crippen molar-refractivity contribution in [2.75, 3.05) is 0 Å². The molecule has 1 aliphatic heterocycles. The van der Waals surface area contributed by atoms with Crippen LogP contribution in [0.3, 0.4) is 0 Å². The van der Waals surface area contributed by atoms with Crippen LogP contribution in [0, 0.1) is 11.7 Å². The molecule has 1 aromatic heterocycles. The van der Waals surface area contributed by atoms with Crippen LogP contribution in [-0.4, -0.2) is 39.3 Å². The molecule has 2 N–H and O–H groups in total. The van der Waals surface area contributed by atoms with Gasteiger partial charge in [-0.25, -0.2) is 4.39 Å². The van der Waals surface area contributed by atoms with Crippen LogP contribution in [0.4, 0.5) is 17.6 Å². The molecule has 2 heterocycles. The summed E-state index contributed by atoms with van der Waals surface area (Å²) in [6, 6.07) is 7.89. The Kier molecular flexibility index (Phi) is 6.99. The third kappa shape index (κ3) is 5.58. The maximum Gasteiger partial charge on any atom is 0.573 e. The van der Waals surface area contributed by atoms with Crippen molar-refractivity contribution in [3.63, 3.8) is 0 Å². The van der Waals surface area contributed by atoms with Crippen LogP contribution >= 0.6 is 11.6 Å². The lowest BCUT2D eigenvalue weighted by molar-refractivity contribution is -0.275. The number of ether oxygens (including phenoxy) is 2. The van der Waals surface area contributed by atoms with Gasteiger partial charge in [0.25, 0.3) is 5.91 Å². The number of halogens is 5. The number of nitrogens with one attached hydrogen (secondary N) is 1. The summed E-state index contributed by atoms with van der Waals surface area (Å²) >= 11 is 5.99. The molecular formula is C26H24ClF4N3O4. The van der Waals surface area contributed by atoms with Crippen LogP contribution in [0.1, 0.15) is 43.9 Å². The van der Waals surface area contributed by atoms with Crippen LogP contribution in [-0.2, 0) is 4.79 Å². The van der Waals surface area contributed by atoms with Crippen LogP contribution < -0.4 is 14.8 Å². The minimum absolute atomic E-state index is 0.0533. The van der Waals surface area contributed by atoms with Gasteiger partial charge in [-0.2, -0.15) is 5.10 Å². The van der Waals surface area contributed by atoms with Gasteiger partial charge in [0, 0.05) is 34.8 Å². The Morgan fingerprint density at radius 2 is 1.97 bits per heavy atom. The minimum atomic E-state index is -4.99. The second-order valence-corrected chi connectivity index (χ2v) is 10.1. The molecule has 2 unspecified atom stereocenters. The SMILES string of the molecule is CC1CC(n2cc(-c3ccc(OC(F)(F)F)c(F)c3)cn2)C[C@@H]1NC(=O)[C@H]1C[C@@H](O)c2cc(Cl)ccc2O1. The largest absolute Gasteiger partial charge is 0.573 e. The standard InChI is InChI=1S/C26H24ClF4N3O4/c1-13-6-17(34-12-15(11-32-34)14-2-4-23(19(28)7-14)38-26(29,30)31)9-20(13)33-25(36)24-10-21(35)18-8-16(27)3-5-22(18)37-24/h2-5,7-8,11-13,17,20-21,24,35H,6,9-10H2,1H3,(H,33,36)/t13?,17?,20-,21+,24+/m0/s1. The van der Waals surface area contributed by atoms with Gasteiger partial charge in [-0.05, 0) is 54.7 Å². The highest BCUT2D eigenvalue weighted by atomic mass is 35.5. The van der Waals surface area contributed by atoms with Gasteiger partial charge in [0.15, 0.2) is 17.7 Å². The fourth-order valence-corrected chi connectivity index (χ4v) is 5.24. The second kappa shape index (κ2) is 10.1. The first-order valence-corrected chi connectivity index (χ1v) is 12.4. The molecule has 0 spiro atoms. The molecular weight excluding hydrogens is 530 g/mol. The zero-order chi connectivity index (χ0) is 27.2. The van der Waals surface area contributed by atoms with Crippen molar-refractivity contribution in [1.82, 2.24) is 15.1 Å². The van der Waals surface area contributed by atoms with Crippen LogP contribution in [0.15, 0.2) is 48.8 Å². The first kappa shape index (κ1) is 26.3. The molecule has 202 valence electrons. The monoisotopic (exact) mass is 553 g/mol. The summed E-state index contributed by atoms with van der Waals surface area (Å²) in [5.74, 6) is -1.82. The Hall–Kier alpha value is -3.31. The van der Waals surface area contributed by atoms with Gasteiger partial charge in [0.05, 0.1) is 18.3 Å². The summed E-state index contributed by atoms with van der Waals surface area (Å²) in [6.45, 7) is 2.01. The number of aliphatic hydroxyl groups excluding tert-OH is 1. The smallest absolute Gasteiger partial charge is 0.480 e. The molecule has 2 aliphatic rings. The number of amides is 1. The number of aliphatic hydroxyl groups is 1. The molecule has 1 amide bonds. The number of aromatic nitrogens is 2. The first-order valence-electron chi connectivity index (χ1n) is 12.0. The van der Waals surface area contributed by atoms with E-state index in [1.807, 2.05) is 6.92 Å². The number of hydrogen-bond acceptors (Lipinski definition) is 5. The fraction of sp³-hybridized carbons (Fsp3) is 0.385. The third-order valence-electron chi connectivity index (χ3n) is 6.98. The van der Waals surface area contributed by atoms with Crippen molar-refractivity contribution in [2.24, 2.45) is 5.92 Å². The van der Waals surface area contributed by atoms with Crippen molar-refractivity contribution < 1.29 is 36.9 Å². The van der Waals surface area contributed by atoms with Crippen molar-refractivity contribution in [2.45, 2.75) is 56.8 Å². The number of rotatable bonds is 5. The number of fused-ring (bicyclic) bond motifs is 1. The van der Waals surface area contributed by atoms with E-state index in [4.69, 9.17) is 16.3 Å². The predicted molar refractivity (Wildman–Crippen MR) is 129 cm³/mol. The average molecular weight is 554 g/mol.